The number of carbonyl (C=O) groups excluding carboxylic acids is 2. The molecule has 0 fully saturated rings. The Morgan fingerprint density at radius 3 is 2.42 bits per heavy atom. The highest BCUT2D eigenvalue weighted by Gasteiger charge is 2.09. The van der Waals surface area contributed by atoms with Crippen molar-refractivity contribution in [3.63, 3.8) is 0 Å². The number of rotatable bonds is 8. The van der Waals surface area contributed by atoms with Crippen LogP contribution in [0.25, 0.3) is 0 Å². The second kappa shape index (κ2) is 9.82. The maximum Gasteiger partial charge on any atom is 0.338 e. The summed E-state index contributed by atoms with van der Waals surface area (Å²) < 4.78 is 10.6. The van der Waals surface area contributed by atoms with E-state index in [1.54, 1.807) is 36.4 Å². The molecule has 0 bridgehead atoms. The molecule has 0 atom stereocenters. The van der Waals surface area contributed by atoms with E-state index in [1.807, 2.05) is 26.0 Å². The third-order valence-electron chi connectivity index (χ3n) is 3.38. The van der Waals surface area contributed by atoms with Crippen LogP contribution >= 0.6 is 11.6 Å². The van der Waals surface area contributed by atoms with E-state index >= 15 is 0 Å². The van der Waals surface area contributed by atoms with E-state index in [0.717, 1.165) is 0 Å². The first kappa shape index (κ1) is 19.8. The summed E-state index contributed by atoms with van der Waals surface area (Å²) in [7, 11) is 0. The van der Waals surface area contributed by atoms with Gasteiger partial charge in [-0.3, -0.25) is 4.79 Å². The fraction of sp³-hybridized carbons (Fsp3) is 0.300. The van der Waals surface area contributed by atoms with E-state index < -0.39 is 0 Å². The molecule has 0 aliphatic carbocycles. The number of benzene rings is 2. The van der Waals surface area contributed by atoms with Crippen molar-refractivity contribution in [2.45, 2.75) is 20.3 Å². The number of amides is 1. The molecule has 2 aromatic carbocycles. The smallest absolute Gasteiger partial charge is 0.338 e. The Kier molecular flexibility index (Phi) is 7.48. The molecule has 0 unspecified atom stereocenters. The van der Waals surface area contributed by atoms with Crippen LogP contribution in [0.2, 0.25) is 5.02 Å². The Morgan fingerprint density at radius 1 is 1.08 bits per heavy atom. The summed E-state index contributed by atoms with van der Waals surface area (Å²) in [6, 6.07) is 13.7. The maximum atomic E-state index is 12.0. The SMILES string of the molecule is CC(C)COC(=O)c1ccc(NC(=O)CCOc2ccccc2Cl)cc1. The van der Waals surface area contributed by atoms with E-state index in [-0.39, 0.29) is 30.8 Å². The van der Waals surface area contributed by atoms with E-state index in [1.165, 1.54) is 0 Å². The zero-order chi connectivity index (χ0) is 18.9. The average molecular weight is 376 g/mol. The molecule has 1 N–H and O–H groups in total. The topological polar surface area (TPSA) is 64.6 Å². The number of carbonyl (C=O) groups is 2. The van der Waals surface area contributed by atoms with E-state index in [2.05, 4.69) is 5.32 Å². The first-order valence-corrected chi connectivity index (χ1v) is 8.78. The normalized spacial score (nSPS) is 10.5. The Hall–Kier alpha value is -2.53. The van der Waals surface area contributed by atoms with E-state index in [0.29, 0.717) is 28.6 Å². The van der Waals surface area contributed by atoms with Crippen molar-refractivity contribution in [3.05, 3.63) is 59.1 Å². The molecular weight excluding hydrogens is 354 g/mol. The molecule has 1 amide bonds. The number of nitrogens with one attached hydrogen (secondary N) is 1. The molecular formula is C20H22ClNO4. The highest BCUT2D eigenvalue weighted by Crippen LogP contribution is 2.23. The van der Waals surface area contributed by atoms with Crippen LogP contribution in [0.4, 0.5) is 5.69 Å². The Bertz CT molecular complexity index is 744. The number of hydrogen-bond acceptors (Lipinski definition) is 4. The van der Waals surface area contributed by atoms with Gasteiger partial charge in [0.2, 0.25) is 5.91 Å². The predicted octanol–water partition coefficient (Wildman–Crippen LogP) is 4.56. The molecule has 2 aromatic rings. The number of anilines is 1. The van der Waals surface area contributed by atoms with Crippen molar-refractivity contribution < 1.29 is 19.1 Å². The van der Waals surface area contributed by atoms with Gasteiger partial charge in [0.05, 0.1) is 30.2 Å². The molecule has 0 heterocycles. The molecule has 0 saturated heterocycles. The van der Waals surface area contributed by atoms with Gasteiger partial charge < -0.3 is 14.8 Å². The first-order valence-electron chi connectivity index (χ1n) is 8.40. The second-order valence-corrected chi connectivity index (χ2v) is 6.55. The second-order valence-electron chi connectivity index (χ2n) is 6.15. The zero-order valence-electron chi connectivity index (χ0n) is 14.8. The van der Waals surface area contributed by atoms with Crippen LogP contribution in [0.5, 0.6) is 5.75 Å². The van der Waals surface area contributed by atoms with Crippen LogP contribution in [0.15, 0.2) is 48.5 Å². The highest BCUT2D eigenvalue weighted by molar-refractivity contribution is 6.32. The molecule has 0 aliphatic rings. The van der Waals surface area contributed by atoms with Crippen molar-refractivity contribution in [1.29, 1.82) is 0 Å². The lowest BCUT2D eigenvalue weighted by Gasteiger charge is -2.09. The van der Waals surface area contributed by atoms with Crippen molar-refractivity contribution in [3.8, 4) is 5.75 Å². The average Bonchev–Trinajstić information content (AvgIpc) is 2.62. The summed E-state index contributed by atoms with van der Waals surface area (Å²) in [5, 5.41) is 3.26. The predicted molar refractivity (Wildman–Crippen MR) is 102 cm³/mol. The lowest BCUT2D eigenvalue weighted by Crippen LogP contribution is -2.15. The third-order valence-corrected chi connectivity index (χ3v) is 3.69. The van der Waals surface area contributed by atoms with Gasteiger partial charge in [0.1, 0.15) is 5.75 Å². The molecule has 5 nitrogen and oxygen atoms in total. The molecule has 0 aromatic heterocycles. The van der Waals surface area contributed by atoms with Crippen molar-refractivity contribution >= 4 is 29.2 Å². The van der Waals surface area contributed by atoms with Crippen LogP contribution in [0.1, 0.15) is 30.6 Å². The molecule has 0 aliphatic heterocycles. The minimum atomic E-state index is -0.371. The largest absolute Gasteiger partial charge is 0.491 e. The summed E-state index contributed by atoms with van der Waals surface area (Å²) in [6.45, 7) is 4.54. The van der Waals surface area contributed by atoms with Gasteiger partial charge in [-0.25, -0.2) is 4.79 Å². The quantitative estimate of drug-likeness (QED) is 0.687. The summed E-state index contributed by atoms with van der Waals surface area (Å²) in [4.78, 5) is 23.8. The maximum absolute atomic E-state index is 12.0. The van der Waals surface area contributed by atoms with Gasteiger partial charge in [0.25, 0.3) is 0 Å². The van der Waals surface area contributed by atoms with E-state index in [4.69, 9.17) is 21.1 Å². The molecule has 0 spiro atoms. The van der Waals surface area contributed by atoms with Gasteiger partial charge in [-0.15, -0.1) is 0 Å². The Labute approximate surface area is 158 Å². The van der Waals surface area contributed by atoms with Crippen LogP contribution in [0, 0.1) is 5.92 Å². The summed E-state index contributed by atoms with van der Waals surface area (Å²) in [6.07, 6.45) is 0.184. The Balaban J connectivity index is 1.78. The summed E-state index contributed by atoms with van der Waals surface area (Å²) in [5.74, 6) is 0.272. The molecule has 2 rings (SSSR count). The summed E-state index contributed by atoms with van der Waals surface area (Å²) >= 11 is 5.99. The fourth-order valence-electron chi connectivity index (χ4n) is 2.05. The van der Waals surface area contributed by atoms with Gasteiger partial charge in [0, 0.05) is 5.69 Å². The molecule has 138 valence electrons. The van der Waals surface area contributed by atoms with Crippen molar-refractivity contribution in [2.75, 3.05) is 18.5 Å². The van der Waals surface area contributed by atoms with Crippen LogP contribution < -0.4 is 10.1 Å². The van der Waals surface area contributed by atoms with E-state index in [9.17, 15) is 9.59 Å². The lowest BCUT2D eigenvalue weighted by atomic mass is 10.2. The number of ether oxygens (including phenoxy) is 2. The zero-order valence-corrected chi connectivity index (χ0v) is 15.6. The molecule has 26 heavy (non-hydrogen) atoms. The van der Waals surface area contributed by atoms with Gasteiger partial charge in [-0.2, -0.15) is 0 Å². The first-order chi connectivity index (χ1) is 12.5. The molecule has 6 heteroatoms. The molecule has 0 radical (unpaired) electrons. The fourth-order valence-corrected chi connectivity index (χ4v) is 2.24. The highest BCUT2D eigenvalue weighted by atomic mass is 35.5. The van der Waals surface area contributed by atoms with Crippen LogP contribution in [-0.2, 0) is 9.53 Å². The van der Waals surface area contributed by atoms with Crippen molar-refractivity contribution in [2.24, 2.45) is 5.92 Å². The standard InChI is InChI=1S/C20H22ClNO4/c1-14(2)13-26-20(24)15-7-9-16(10-8-15)22-19(23)11-12-25-18-6-4-3-5-17(18)21/h3-10,14H,11-13H2,1-2H3,(H,22,23). The summed E-state index contributed by atoms with van der Waals surface area (Å²) in [5.41, 5.74) is 1.05. The number of esters is 1. The van der Waals surface area contributed by atoms with Gasteiger partial charge in [0.15, 0.2) is 0 Å². The number of halogens is 1. The van der Waals surface area contributed by atoms with Gasteiger partial charge in [-0.1, -0.05) is 37.6 Å². The van der Waals surface area contributed by atoms with Gasteiger partial charge >= 0.3 is 5.97 Å². The minimum absolute atomic E-state index is 0.184. The van der Waals surface area contributed by atoms with Crippen LogP contribution in [-0.4, -0.2) is 25.1 Å². The van der Waals surface area contributed by atoms with Crippen molar-refractivity contribution in [1.82, 2.24) is 0 Å². The number of hydrogen-bond donors (Lipinski definition) is 1. The van der Waals surface area contributed by atoms with Gasteiger partial charge in [-0.05, 0) is 42.3 Å². The Morgan fingerprint density at radius 2 is 1.77 bits per heavy atom. The number of para-hydroxylation sites is 1. The molecule has 0 saturated carbocycles. The minimum Gasteiger partial charge on any atom is -0.491 e. The lowest BCUT2D eigenvalue weighted by molar-refractivity contribution is -0.116. The monoisotopic (exact) mass is 375 g/mol. The van der Waals surface area contributed by atoms with Crippen LogP contribution in [0.3, 0.4) is 0 Å². The third kappa shape index (κ3) is 6.41.